The fraction of sp³-hybridized carbons (Fsp3) is 0.231. The summed E-state index contributed by atoms with van der Waals surface area (Å²) in [4.78, 5) is 8.23. The van der Waals surface area contributed by atoms with E-state index < -0.39 is 0 Å². The number of aryl methyl sites for hydroxylation is 1. The van der Waals surface area contributed by atoms with Gasteiger partial charge in [-0.15, -0.1) is 0 Å². The zero-order chi connectivity index (χ0) is 13.0. The second-order valence-corrected chi connectivity index (χ2v) is 4.09. The monoisotopic (exact) mass is 264 g/mol. The number of halogens is 1. The average Bonchev–Trinajstić information content (AvgIpc) is 2.37. The van der Waals surface area contributed by atoms with E-state index in [4.69, 9.17) is 21.1 Å². The number of aromatic nitrogens is 2. The summed E-state index contributed by atoms with van der Waals surface area (Å²) in [5.74, 6) is 1.72. The lowest BCUT2D eigenvalue weighted by atomic mass is 10.2. The standard InChI is InChI=1S/C13H13ClN2O2/c1-9-5-3-4-6-10(9)18-8-12-15-11(14)7-13(16-12)17-2/h3-7H,8H2,1-2H3. The van der Waals surface area contributed by atoms with Crippen molar-refractivity contribution in [1.82, 2.24) is 9.97 Å². The maximum atomic E-state index is 5.86. The van der Waals surface area contributed by atoms with Gasteiger partial charge >= 0.3 is 0 Å². The molecule has 2 rings (SSSR count). The second kappa shape index (κ2) is 5.69. The van der Waals surface area contributed by atoms with Crippen LogP contribution in [0.4, 0.5) is 0 Å². The summed E-state index contributed by atoms with van der Waals surface area (Å²) in [5, 5.41) is 0.338. The lowest BCUT2D eigenvalue weighted by Crippen LogP contribution is -2.03. The van der Waals surface area contributed by atoms with Crippen molar-refractivity contribution < 1.29 is 9.47 Å². The highest BCUT2D eigenvalue weighted by Gasteiger charge is 2.05. The molecule has 1 aromatic carbocycles. The van der Waals surface area contributed by atoms with Gasteiger partial charge in [0.05, 0.1) is 7.11 Å². The van der Waals surface area contributed by atoms with Gasteiger partial charge in [-0.25, -0.2) is 4.98 Å². The zero-order valence-electron chi connectivity index (χ0n) is 10.2. The van der Waals surface area contributed by atoms with Gasteiger partial charge in [-0.3, -0.25) is 0 Å². The van der Waals surface area contributed by atoms with E-state index in [0.29, 0.717) is 16.9 Å². The molecule has 0 saturated carbocycles. The number of rotatable bonds is 4. The van der Waals surface area contributed by atoms with E-state index in [2.05, 4.69) is 9.97 Å². The molecule has 94 valence electrons. The Balaban J connectivity index is 2.11. The number of benzene rings is 1. The molecule has 0 fully saturated rings. The van der Waals surface area contributed by atoms with Gasteiger partial charge in [0, 0.05) is 6.07 Å². The van der Waals surface area contributed by atoms with E-state index in [1.54, 1.807) is 6.07 Å². The van der Waals surface area contributed by atoms with Crippen molar-refractivity contribution in [2.45, 2.75) is 13.5 Å². The number of methoxy groups -OCH3 is 1. The van der Waals surface area contributed by atoms with Crippen molar-refractivity contribution in [2.24, 2.45) is 0 Å². The highest BCUT2D eigenvalue weighted by Crippen LogP contribution is 2.18. The summed E-state index contributed by atoms with van der Waals surface area (Å²) in [5.41, 5.74) is 1.06. The molecule has 5 heteroatoms. The highest BCUT2D eigenvalue weighted by molar-refractivity contribution is 6.29. The minimum Gasteiger partial charge on any atom is -0.485 e. The van der Waals surface area contributed by atoms with Crippen LogP contribution in [0.15, 0.2) is 30.3 Å². The van der Waals surface area contributed by atoms with Crippen molar-refractivity contribution in [3.63, 3.8) is 0 Å². The van der Waals surface area contributed by atoms with E-state index in [-0.39, 0.29) is 6.61 Å². The summed E-state index contributed by atoms with van der Waals surface area (Å²) >= 11 is 5.86. The molecule has 0 aliphatic carbocycles. The summed E-state index contributed by atoms with van der Waals surface area (Å²) in [7, 11) is 1.53. The van der Waals surface area contributed by atoms with Crippen LogP contribution < -0.4 is 9.47 Å². The van der Waals surface area contributed by atoms with Crippen LogP contribution in [0, 0.1) is 6.92 Å². The molecule has 0 aliphatic heterocycles. The van der Waals surface area contributed by atoms with Gasteiger partial charge in [0.2, 0.25) is 5.88 Å². The fourth-order valence-electron chi connectivity index (χ4n) is 1.47. The van der Waals surface area contributed by atoms with Crippen molar-refractivity contribution in [3.05, 3.63) is 46.9 Å². The van der Waals surface area contributed by atoms with Gasteiger partial charge in [0.15, 0.2) is 5.82 Å². The van der Waals surface area contributed by atoms with Crippen molar-refractivity contribution in [1.29, 1.82) is 0 Å². The SMILES string of the molecule is COc1cc(Cl)nc(COc2ccccc2C)n1. The van der Waals surface area contributed by atoms with Crippen LogP contribution in [0.3, 0.4) is 0 Å². The van der Waals surface area contributed by atoms with Crippen LogP contribution >= 0.6 is 11.6 Å². The van der Waals surface area contributed by atoms with Crippen LogP contribution in [-0.2, 0) is 6.61 Å². The van der Waals surface area contributed by atoms with Gasteiger partial charge < -0.3 is 9.47 Å². The number of hydrogen-bond acceptors (Lipinski definition) is 4. The smallest absolute Gasteiger partial charge is 0.217 e. The molecule has 2 aromatic rings. The van der Waals surface area contributed by atoms with E-state index in [9.17, 15) is 0 Å². The second-order valence-electron chi connectivity index (χ2n) is 3.70. The Kier molecular flexibility index (Phi) is 3.99. The van der Waals surface area contributed by atoms with Crippen LogP contribution in [0.25, 0.3) is 0 Å². The first kappa shape index (κ1) is 12.6. The zero-order valence-corrected chi connectivity index (χ0v) is 10.9. The normalized spacial score (nSPS) is 10.2. The number of nitrogens with zero attached hydrogens (tertiary/aromatic N) is 2. The van der Waals surface area contributed by atoms with Crippen molar-refractivity contribution in [2.75, 3.05) is 7.11 Å². The Morgan fingerprint density at radius 1 is 1.22 bits per heavy atom. The van der Waals surface area contributed by atoms with Crippen LogP contribution in [0.1, 0.15) is 11.4 Å². The Morgan fingerprint density at radius 2 is 2.00 bits per heavy atom. The molecule has 0 bridgehead atoms. The molecule has 1 aromatic heterocycles. The van der Waals surface area contributed by atoms with Crippen LogP contribution in [-0.4, -0.2) is 17.1 Å². The first-order chi connectivity index (χ1) is 8.69. The summed E-state index contributed by atoms with van der Waals surface area (Å²) in [6.07, 6.45) is 0. The fourth-order valence-corrected chi connectivity index (χ4v) is 1.66. The lowest BCUT2D eigenvalue weighted by Gasteiger charge is -2.08. The maximum Gasteiger partial charge on any atom is 0.217 e. The third-order valence-corrected chi connectivity index (χ3v) is 2.57. The van der Waals surface area contributed by atoms with E-state index in [1.807, 2.05) is 31.2 Å². The van der Waals surface area contributed by atoms with Gasteiger partial charge in [0.25, 0.3) is 0 Å². The molecule has 0 spiro atoms. The lowest BCUT2D eigenvalue weighted by molar-refractivity contribution is 0.290. The van der Waals surface area contributed by atoms with Crippen molar-refractivity contribution in [3.8, 4) is 11.6 Å². The van der Waals surface area contributed by atoms with E-state index >= 15 is 0 Å². The molecular weight excluding hydrogens is 252 g/mol. The number of hydrogen-bond donors (Lipinski definition) is 0. The number of ether oxygens (including phenoxy) is 2. The third-order valence-electron chi connectivity index (χ3n) is 2.38. The molecule has 0 atom stereocenters. The van der Waals surface area contributed by atoms with Crippen LogP contribution in [0.2, 0.25) is 5.15 Å². The third kappa shape index (κ3) is 3.11. The summed E-state index contributed by atoms with van der Waals surface area (Å²) in [6.45, 7) is 2.23. The van der Waals surface area contributed by atoms with E-state index in [1.165, 1.54) is 7.11 Å². The minimum absolute atomic E-state index is 0.252. The summed E-state index contributed by atoms with van der Waals surface area (Å²) < 4.78 is 10.7. The minimum atomic E-state index is 0.252. The molecule has 18 heavy (non-hydrogen) atoms. The molecule has 0 unspecified atom stereocenters. The first-order valence-corrected chi connectivity index (χ1v) is 5.82. The molecule has 1 heterocycles. The molecule has 0 aliphatic rings. The molecule has 0 N–H and O–H groups in total. The van der Waals surface area contributed by atoms with Crippen LogP contribution in [0.5, 0.6) is 11.6 Å². The topological polar surface area (TPSA) is 44.2 Å². The Hall–Kier alpha value is -1.81. The largest absolute Gasteiger partial charge is 0.485 e. The Bertz CT molecular complexity index is 546. The van der Waals surface area contributed by atoms with E-state index in [0.717, 1.165) is 11.3 Å². The van der Waals surface area contributed by atoms with Gasteiger partial charge in [0.1, 0.15) is 17.5 Å². The Morgan fingerprint density at radius 3 is 2.72 bits per heavy atom. The Labute approximate surface area is 111 Å². The molecule has 0 radical (unpaired) electrons. The summed E-state index contributed by atoms with van der Waals surface area (Å²) in [6, 6.07) is 9.31. The molecule has 0 amide bonds. The predicted molar refractivity (Wildman–Crippen MR) is 69.1 cm³/mol. The van der Waals surface area contributed by atoms with Gasteiger partial charge in [-0.05, 0) is 18.6 Å². The highest BCUT2D eigenvalue weighted by atomic mass is 35.5. The molecule has 4 nitrogen and oxygen atoms in total. The molecule has 0 saturated heterocycles. The predicted octanol–water partition coefficient (Wildman–Crippen LogP) is 3.03. The van der Waals surface area contributed by atoms with Gasteiger partial charge in [-0.2, -0.15) is 4.98 Å². The quantitative estimate of drug-likeness (QED) is 0.796. The molecular formula is C13H13ClN2O2. The first-order valence-electron chi connectivity index (χ1n) is 5.45. The number of para-hydroxylation sites is 1. The van der Waals surface area contributed by atoms with Crippen molar-refractivity contribution >= 4 is 11.6 Å². The maximum absolute atomic E-state index is 5.86. The average molecular weight is 265 g/mol. The van der Waals surface area contributed by atoms with Gasteiger partial charge in [-0.1, -0.05) is 29.8 Å².